The summed E-state index contributed by atoms with van der Waals surface area (Å²) in [4.78, 5) is 16.3. The number of hydrogen-bond acceptors (Lipinski definition) is 4. The molecule has 1 aromatic rings. The number of carbonyl (C=O) groups excluding carboxylic acids is 1. The van der Waals surface area contributed by atoms with Crippen LogP contribution in [-0.2, 0) is 10.8 Å². The lowest BCUT2D eigenvalue weighted by atomic mass is 10.2. The molecule has 112 valence electrons. The Kier molecular flexibility index (Phi) is 7.22. The number of rotatable bonds is 8. The summed E-state index contributed by atoms with van der Waals surface area (Å²) >= 11 is 0. The van der Waals surface area contributed by atoms with E-state index < -0.39 is 10.8 Å². The highest BCUT2D eigenvalue weighted by Crippen LogP contribution is 2.11. The third kappa shape index (κ3) is 5.28. The third-order valence-corrected chi connectivity index (χ3v) is 4.37. The minimum atomic E-state index is -0.854. The van der Waals surface area contributed by atoms with Gasteiger partial charge in [-0.25, -0.2) is 4.98 Å². The highest BCUT2D eigenvalue weighted by atomic mass is 32.2. The van der Waals surface area contributed by atoms with Gasteiger partial charge in [-0.1, -0.05) is 13.8 Å². The maximum Gasteiger partial charge on any atom is 0.255 e. The predicted octanol–water partition coefficient (Wildman–Crippen LogP) is 1.79. The van der Waals surface area contributed by atoms with Gasteiger partial charge < -0.3 is 10.6 Å². The van der Waals surface area contributed by atoms with Gasteiger partial charge in [-0.2, -0.15) is 0 Å². The van der Waals surface area contributed by atoms with Crippen molar-refractivity contribution in [2.24, 2.45) is 0 Å². The summed E-state index contributed by atoms with van der Waals surface area (Å²) in [6, 6.07) is 3.50. The molecule has 0 fully saturated rings. The largest absolute Gasteiger partial charge is 0.369 e. The number of carbonyl (C=O) groups is 1. The molecule has 0 aliphatic carbocycles. The summed E-state index contributed by atoms with van der Waals surface area (Å²) in [6.45, 7) is 5.27. The number of pyridine rings is 1. The third-order valence-electron chi connectivity index (χ3n) is 3.00. The Bertz CT molecular complexity index is 465. The van der Waals surface area contributed by atoms with Gasteiger partial charge in [0.05, 0.1) is 5.56 Å². The molecule has 0 radical (unpaired) electrons. The Hall–Kier alpha value is -1.43. The molecular weight excluding hydrogens is 274 g/mol. The molecule has 2 atom stereocenters. The Labute approximate surface area is 123 Å². The van der Waals surface area contributed by atoms with Crippen molar-refractivity contribution in [1.29, 1.82) is 0 Å². The zero-order valence-corrected chi connectivity index (χ0v) is 13.1. The van der Waals surface area contributed by atoms with Gasteiger partial charge in [0, 0.05) is 41.6 Å². The minimum absolute atomic E-state index is 0.0851. The zero-order valence-electron chi connectivity index (χ0n) is 12.3. The zero-order chi connectivity index (χ0) is 15.0. The van der Waals surface area contributed by atoms with Gasteiger partial charge >= 0.3 is 0 Å². The Balaban J connectivity index is 2.56. The van der Waals surface area contributed by atoms with Crippen molar-refractivity contribution in [2.75, 3.05) is 24.7 Å². The molecule has 6 heteroatoms. The summed E-state index contributed by atoms with van der Waals surface area (Å²) in [5, 5.41) is 6.07. The Morgan fingerprint density at radius 3 is 2.85 bits per heavy atom. The molecule has 0 bridgehead atoms. The second-order valence-corrected chi connectivity index (χ2v) is 6.48. The summed E-state index contributed by atoms with van der Waals surface area (Å²) in [5.41, 5.74) is 0.547. The molecule has 5 nitrogen and oxygen atoms in total. The van der Waals surface area contributed by atoms with Crippen molar-refractivity contribution in [3.63, 3.8) is 0 Å². The van der Waals surface area contributed by atoms with Gasteiger partial charge in [-0.05, 0) is 25.0 Å². The van der Waals surface area contributed by atoms with Crippen LogP contribution >= 0.6 is 0 Å². The van der Waals surface area contributed by atoms with Crippen molar-refractivity contribution < 1.29 is 9.00 Å². The van der Waals surface area contributed by atoms with E-state index in [1.807, 2.05) is 6.92 Å². The lowest BCUT2D eigenvalue weighted by Gasteiger charge is -2.12. The van der Waals surface area contributed by atoms with Crippen LogP contribution in [0.1, 0.15) is 37.0 Å². The van der Waals surface area contributed by atoms with Crippen LogP contribution in [0, 0.1) is 0 Å². The number of nitrogens with zero attached hydrogens (tertiary/aromatic N) is 1. The van der Waals surface area contributed by atoms with E-state index in [1.54, 1.807) is 24.6 Å². The summed E-state index contributed by atoms with van der Waals surface area (Å²) in [6.07, 6.45) is 5.02. The van der Waals surface area contributed by atoms with Gasteiger partial charge in [0.15, 0.2) is 0 Å². The second kappa shape index (κ2) is 8.68. The van der Waals surface area contributed by atoms with E-state index in [1.165, 1.54) is 0 Å². The first-order valence-electron chi connectivity index (χ1n) is 6.85. The number of hydrogen-bond donors (Lipinski definition) is 2. The van der Waals surface area contributed by atoms with Crippen LogP contribution in [0.4, 0.5) is 5.82 Å². The van der Waals surface area contributed by atoms with Crippen LogP contribution in [0.5, 0.6) is 0 Å². The first kappa shape index (κ1) is 16.6. The second-order valence-electron chi connectivity index (χ2n) is 4.68. The monoisotopic (exact) mass is 297 g/mol. The van der Waals surface area contributed by atoms with E-state index in [2.05, 4.69) is 22.5 Å². The summed E-state index contributed by atoms with van der Waals surface area (Å²) < 4.78 is 11.2. The van der Waals surface area contributed by atoms with Crippen LogP contribution in [0.15, 0.2) is 18.3 Å². The molecule has 1 aromatic heterocycles. The quantitative estimate of drug-likeness (QED) is 0.767. The van der Waals surface area contributed by atoms with Crippen LogP contribution < -0.4 is 10.6 Å². The molecule has 1 rings (SSSR count). The first-order chi connectivity index (χ1) is 9.56. The molecule has 0 aliphatic rings. The van der Waals surface area contributed by atoms with Crippen molar-refractivity contribution in [3.05, 3.63) is 23.9 Å². The molecule has 0 saturated heterocycles. The highest BCUT2D eigenvalue weighted by Gasteiger charge is 2.12. The molecule has 2 N–H and O–H groups in total. The van der Waals surface area contributed by atoms with Gasteiger partial charge in [0.1, 0.15) is 5.82 Å². The number of anilines is 1. The number of amides is 1. The normalized spacial score (nSPS) is 13.6. The lowest BCUT2D eigenvalue weighted by Crippen LogP contribution is -2.28. The minimum Gasteiger partial charge on any atom is -0.369 e. The highest BCUT2D eigenvalue weighted by molar-refractivity contribution is 7.84. The maximum atomic E-state index is 12.1. The molecule has 2 unspecified atom stereocenters. The Morgan fingerprint density at radius 1 is 1.45 bits per heavy atom. The molecule has 1 heterocycles. The SMILES string of the molecule is CCCNc1ncccc1C(=O)NCCC(C)S(C)=O. The predicted molar refractivity (Wildman–Crippen MR) is 83.5 cm³/mol. The van der Waals surface area contributed by atoms with Crippen molar-refractivity contribution in [2.45, 2.75) is 31.9 Å². The fraction of sp³-hybridized carbons (Fsp3) is 0.571. The van der Waals surface area contributed by atoms with Crippen LogP contribution in [-0.4, -0.2) is 39.7 Å². The average molecular weight is 297 g/mol. The van der Waals surface area contributed by atoms with E-state index in [0.29, 0.717) is 24.3 Å². The maximum absolute atomic E-state index is 12.1. The van der Waals surface area contributed by atoms with Crippen molar-refractivity contribution >= 4 is 22.5 Å². The molecule has 0 aromatic carbocycles. The Morgan fingerprint density at radius 2 is 2.20 bits per heavy atom. The van der Waals surface area contributed by atoms with Crippen LogP contribution in [0.3, 0.4) is 0 Å². The fourth-order valence-electron chi connectivity index (χ4n) is 1.62. The standard InChI is InChI=1S/C14H23N3O2S/c1-4-8-15-13-12(6-5-9-16-13)14(18)17-10-7-11(2)20(3)19/h5-6,9,11H,4,7-8,10H2,1-3H3,(H,15,16)(H,17,18). The molecule has 1 amide bonds. The average Bonchev–Trinajstić information content (AvgIpc) is 2.45. The topological polar surface area (TPSA) is 71.1 Å². The lowest BCUT2D eigenvalue weighted by molar-refractivity contribution is 0.0953. The van der Waals surface area contributed by atoms with E-state index in [-0.39, 0.29) is 11.2 Å². The van der Waals surface area contributed by atoms with E-state index in [0.717, 1.165) is 13.0 Å². The molecular formula is C14H23N3O2S. The van der Waals surface area contributed by atoms with E-state index >= 15 is 0 Å². The van der Waals surface area contributed by atoms with Gasteiger partial charge in [0.25, 0.3) is 5.91 Å². The molecule has 20 heavy (non-hydrogen) atoms. The smallest absolute Gasteiger partial charge is 0.255 e. The first-order valence-corrected chi connectivity index (χ1v) is 8.47. The molecule has 0 spiro atoms. The van der Waals surface area contributed by atoms with Crippen molar-refractivity contribution in [3.8, 4) is 0 Å². The molecule has 0 saturated carbocycles. The van der Waals surface area contributed by atoms with Crippen LogP contribution in [0.2, 0.25) is 0 Å². The number of nitrogens with one attached hydrogen (secondary N) is 2. The van der Waals surface area contributed by atoms with Gasteiger partial charge in [-0.15, -0.1) is 0 Å². The van der Waals surface area contributed by atoms with Gasteiger partial charge in [-0.3, -0.25) is 9.00 Å². The van der Waals surface area contributed by atoms with E-state index in [9.17, 15) is 9.00 Å². The summed E-state index contributed by atoms with van der Waals surface area (Å²) in [7, 11) is -0.854. The number of aromatic nitrogens is 1. The molecule has 0 aliphatic heterocycles. The van der Waals surface area contributed by atoms with Crippen molar-refractivity contribution in [1.82, 2.24) is 10.3 Å². The van der Waals surface area contributed by atoms with E-state index in [4.69, 9.17) is 0 Å². The van der Waals surface area contributed by atoms with Crippen LogP contribution in [0.25, 0.3) is 0 Å². The fourth-order valence-corrected chi connectivity index (χ4v) is 2.07. The summed E-state index contributed by atoms with van der Waals surface area (Å²) in [5.74, 6) is 0.463. The van der Waals surface area contributed by atoms with Gasteiger partial charge in [0.2, 0.25) is 0 Å².